The molecule has 22 heavy (non-hydrogen) atoms. The number of nitrogens with zero attached hydrogens (tertiary/aromatic N) is 1. The normalized spacial score (nSPS) is 40.2. The molecule has 1 saturated carbocycles. The number of amides is 1. The standard InChI is InChI=1S/C18H25N3O/c1-12-6-4-5-7-19-9-13(8-12)18(2,3)21-17(22)16-14-10-20-11-15(14)16/h4-9,13-16,20H,10-11H2,1-3H3,(H,21,22)/b6-4-,7-5+,12-8+,19-9+/t13?,14-,15+,16+. The molecule has 2 aliphatic heterocycles. The Morgan fingerprint density at radius 1 is 1.32 bits per heavy atom. The van der Waals surface area contributed by atoms with E-state index in [0.29, 0.717) is 11.8 Å². The van der Waals surface area contributed by atoms with E-state index >= 15 is 0 Å². The van der Waals surface area contributed by atoms with E-state index in [0.717, 1.165) is 13.1 Å². The summed E-state index contributed by atoms with van der Waals surface area (Å²) in [4.78, 5) is 16.9. The molecule has 3 aliphatic rings. The van der Waals surface area contributed by atoms with Crippen molar-refractivity contribution in [2.75, 3.05) is 13.1 Å². The maximum Gasteiger partial charge on any atom is 0.224 e. The molecule has 0 aromatic rings. The van der Waals surface area contributed by atoms with E-state index in [1.807, 2.05) is 18.4 Å². The number of hydrogen-bond acceptors (Lipinski definition) is 3. The minimum atomic E-state index is -0.349. The third kappa shape index (κ3) is 3.07. The van der Waals surface area contributed by atoms with Gasteiger partial charge in [-0.25, -0.2) is 0 Å². The maximum absolute atomic E-state index is 12.5. The zero-order valence-electron chi connectivity index (χ0n) is 13.5. The van der Waals surface area contributed by atoms with Gasteiger partial charge in [0.1, 0.15) is 0 Å². The number of rotatable bonds is 3. The van der Waals surface area contributed by atoms with Crippen LogP contribution >= 0.6 is 0 Å². The summed E-state index contributed by atoms with van der Waals surface area (Å²) >= 11 is 0. The highest BCUT2D eigenvalue weighted by atomic mass is 16.2. The lowest BCUT2D eigenvalue weighted by molar-refractivity contribution is -0.124. The summed E-state index contributed by atoms with van der Waals surface area (Å²) < 4.78 is 0. The van der Waals surface area contributed by atoms with Crippen LogP contribution in [0.1, 0.15) is 20.8 Å². The van der Waals surface area contributed by atoms with Gasteiger partial charge in [-0.3, -0.25) is 9.79 Å². The van der Waals surface area contributed by atoms with Gasteiger partial charge in [0.05, 0.1) is 0 Å². The van der Waals surface area contributed by atoms with Gasteiger partial charge in [-0.1, -0.05) is 23.8 Å². The molecule has 4 heteroatoms. The van der Waals surface area contributed by atoms with Crippen molar-refractivity contribution >= 4 is 12.1 Å². The molecule has 4 nitrogen and oxygen atoms in total. The molecule has 1 amide bonds. The summed E-state index contributed by atoms with van der Waals surface area (Å²) in [5.74, 6) is 1.58. The molecule has 2 N–H and O–H groups in total. The fourth-order valence-corrected chi connectivity index (χ4v) is 3.52. The predicted molar refractivity (Wildman–Crippen MR) is 89.6 cm³/mol. The number of carbonyl (C=O) groups is 1. The number of nitrogens with one attached hydrogen (secondary N) is 2. The number of carbonyl (C=O) groups excluding carboxylic acids is 1. The first kappa shape index (κ1) is 15.2. The highest BCUT2D eigenvalue weighted by molar-refractivity contribution is 5.84. The van der Waals surface area contributed by atoms with E-state index < -0.39 is 0 Å². The van der Waals surface area contributed by atoms with Gasteiger partial charge in [0.15, 0.2) is 0 Å². The van der Waals surface area contributed by atoms with Gasteiger partial charge in [0.25, 0.3) is 0 Å². The molecular weight excluding hydrogens is 274 g/mol. The molecule has 2 fully saturated rings. The molecule has 2 heterocycles. The lowest BCUT2D eigenvalue weighted by Crippen LogP contribution is -2.50. The second-order valence-corrected chi connectivity index (χ2v) is 7.16. The molecule has 0 aromatic carbocycles. The number of aliphatic imine (C=N–C) groups is 1. The van der Waals surface area contributed by atoms with E-state index in [4.69, 9.17) is 0 Å². The summed E-state index contributed by atoms with van der Waals surface area (Å²) in [6, 6.07) is 0. The van der Waals surface area contributed by atoms with Gasteiger partial charge < -0.3 is 10.6 Å². The Labute approximate surface area is 132 Å². The van der Waals surface area contributed by atoms with E-state index in [1.165, 1.54) is 5.57 Å². The topological polar surface area (TPSA) is 53.5 Å². The number of allylic oxidation sites excluding steroid dienone is 4. The Hall–Kier alpha value is -1.68. The molecule has 0 spiro atoms. The van der Waals surface area contributed by atoms with Crippen molar-refractivity contribution in [3.63, 3.8) is 0 Å². The Kier molecular flexibility index (Phi) is 4.04. The summed E-state index contributed by atoms with van der Waals surface area (Å²) in [6.07, 6.45) is 11.8. The first-order valence-corrected chi connectivity index (χ1v) is 8.07. The molecule has 1 unspecified atom stereocenters. The minimum absolute atomic E-state index is 0.0700. The number of hydrogen-bond donors (Lipinski definition) is 2. The SMILES string of the molecule is CC1=C\C(C(C)(C)NC(=O)[C@H]2[C@@H]3CNC[C@@H]32)/C=N/C=C/C=C\1. The minimum Gasteiger partial charge on any atom is -0.350 e. The van der Waals surface area contributed by atoms with E-state index in [2.05, 4.69) is 48.5 Å². The maximum atomic E-state index is 12.5. The van der Waals surface area contributed by atoms with Crippen molar-refractivity contribution in [2.24, 2.45) is 28.7 Å². The monoisotopic (exact) mass is 299 g/mol. The van der Waals surface area contributed by atoms with Crippen molar-refractivity contribution < 1.29 is 4.79 Å². The van der Waals surface area contributed by atoms with Crippen LogP contribution < -0.4 is 10.6 Å². The second-order valence-electron chi connectivity index (χ2n) is 7.16. The van der Waals surface area contributed by atoms with Gasteiger partial charge in [0.2, 0.25) is 5.91 Å². The van der Waals surface area contributed by atoms with Crippen LogP contribution in [0.4, 0.5) is 0 Å². The first-order valence-electron chi connectivity index (χ1n) is 8.07. The quantitative estimate of drug-likeness (QED) is 0.838. The highest BCUT2D eigenvalue weighted by Crippen LogP contribution is 2.48. The molecule has 0 radical (unpaired) electrons. The van der Waals surface area contributed by atoms with Crippen molar-refractivity contribution in [3.05, 3.63) is 36.1 Å². The molecular formula is C18H25N3O. The zero-order valence-corrected chi connectivity index (χ0v) is 13.5. The highest BCUT2D eigenvalue weighted by Gasteiger charge is 2.57. The fraction of sp³-hybridized carbons (Fsp3) is 0.556. The van der Waals surface area contributed by atoms with E-state index in [1.54, 1.807) is 6.20 Å². The molecule has 1 saturated heterocycles. The van der Waals surface area contributed by atoms with Crippen molar-refractivity contribution in [3.8, 4) is 0 Å². The Morgan fingerprint density at radius 3 is 2.77 bits per heavy atom. The number of fused-ring (bicyclic) bond motifs is 1. The average molecular weight is 299 g/mol. The van der Waals surface area contributed by atoms with Crippen LogP contribution in [0.5, 0.6) is 0 Å². The Balaban J connectivity index is 1.70. The largest absolute Gasteiger partial charge is 0.350 e. The van der Waals surface area contributed by atoms with Crippen LogP contribution in [-0.4, -0.2) is 30.8 Å². The van der Waals surface area contributed by atoms with Gasteiger partial charge in [-0.2, -0.15) is 0 Å². The van der Waals surface area contributed by atoms with Gasteiger partial charge >= 0.3 is 0 Å². The van der Waals surface area contributed by atoms with Crippen LogP contribution in [0, 0.1) is 23.7 Å². The van der Waals surface area contributed by atoms with Crippen LogP contribution in [-0.2, 0) is 4.79 Å². The van der Waals surface area contributed by atoms with Crippen LogP contribution in [0.15, 0.2) is 41.1 Å². The molecule has 4 atom stereocenters. The lowest BCUT2D eigenvalue weighted by atomic mass is 9.86. The summed E-state index contributed by atoms with van der Waals surface area (Å²) in [7, 11) is 0. The predicted octanol–water partition coefficient (Wildman–Crippen LogP) is 2.06. The zero-order chi connectivity index (χ0) is 15.7. The Bertz CT molecular complexity index is 561. The van der Waals surface area contributed by atoms with Crippen LogP contribution in [0.25, 0.3) is 0 Å². The lowest BCUT2D eigenvalue weighted by Gasteiger charge is -2.32. The molecule has 0 aromatic heterocycles. The molecule has 1 aliphatic carbocycles. The van der Waals surface area contributed by atoms with E-state index in [-0.39, 0.29) is 23.3 Å². The summed E-state index contributed by atoms with van der Waals surface area (Å²) in [5.41, 5.74) is 0.830. The van der Waals surface area contributed by atoms with Gasteiger partial charge in [0, 0.05) is 29.8 Å². The van der Waals surface area contributed by atoms with Gasteiger partial charge in [-0.15, -0.1) is 0 Å². The molecule has 3 rings (SSSR count). The second kappa shape index (κ2) is 5.84. The fourth-order valence-electron chi connectivity index (χ4n) is 3.52. The van der Waals surface area contributed by atoms with Crippen molar-refractivity contribution in [1.82, 2.24) is 10.6 Å². The smallest absolute Gasteiger partial charge is 0.224 e. The summed E-state index contributed by atoms with van der Waals surface area (Å²) in [6.45, 7) is 8.21. The van der Waals surface area contributed by atoms with Gasteiger partial charge in [-0.05, 0) is 51.8 Å². The third-order valence-corrected chi connectivity index (χ3v) is 5.00. The summed E-state index contributed by atoms with van der Waals surface area (Å²) in [5, 5.41) is 6.59. The van der Waals surface area contributed by atoms with Crippen LogP contribution in [0.2, 0.25) is 0 Å². The van der Waals surface area contributed by atoms with Crippen molar-refractivity contribution in [2.45, 2.75) is 26.3 Å². The Morgan fingerprint density at radius 2 is 2.05 bits per heavy atom. The average Bonchev–Trinajstić information content (AvgIpc) is 2.91. The molecule has 0 bridgehead atoms. The van der Waals surface area contributed by atoms with Crippen LogP contribution in [0.3, 0.4) is 0 Å². The number of piperidine rings is 1. The molecule has 118 valence electrons. The third-order valence-electron chi connectivity index (χ3n) is 5.00. The van der Waals surface area contributed by atoms with E-state index in [9.17, 15) is 4.79 Å². The van der Waals surface area contributed by atoms with Crippen molar-refractivity contribution in [1.29, 1.82) is 0 Å². The first-order chi connectivity index (χ1) is 10.5.